The molecule has 3 rings (SSSR count). The molecule has 0 fully saturated rings. The molecule has 2 aromatic carbocycles. The number of carbonyl (C=O) groups excluding carboxylic acids is 1. The summed E-state index contributed by atoms with van der Waals surface area (Å²) in [4.78, 5) is 11.9. The average Bonchev–Trinajstić information content (AvgIpc) is 3.06. The van der Waals surface area contributed by atoms with Crippen molar-refractivity contribution in [1.82, 2.24) is 5.43 Å². The summed E-state index contributed by atoms with van der Waals surface area (Å²) in [5.41, 5.74) is 3.87. The lowest BCUT2D eigenvalue weighted by Gasteiger charge is -2.08. The Morgan fingerprint density at radius 2 is 2.00 bits per heavy atom. The van der Waals surface area contributed by atoms with E-state index in [0.717, 1.165) is 5.56 Å². The molecule has 0 radical (unpaired) electrons. The van der Waals surface area contributed by atoms with Crippen LogP contribution in [-0.2, 0) is 4.79 Å². The number of amides is 1. The molecular formula is C17H14Cl2N2O4. The first kappa shape index (κ1) is 17.4. The molecule has 0 saturated carbocycles. The third-order valence-electron chi connectivity index (χ3n) is 3.39. The second-order valence-electron chi connectivity index (χ2n) is 5.16. The molecule has 130 valence electrons. The summed E-state index contributed by atoms with van der Waals surface area (Å²) in [6, 6.07) is 10.2. The minimum atomic E-state index is -0.411. The first-order chi connectivity index (χ1) is 12.0. The normalized spacial score (nSPS) is 12.8. The summed E-state index contributed by atoms with van der Waals surface area (Å²) < 4.78 is 15.9. The maximum absolute atomic E-state index is 11.9. The molecule has 0 atom stereocenters. The molecule has 1 aliphatic heterocycles. The van der Waals surface area contributed by atoms with Crippen LogP contribution in [0.15, 0.2) is 41.5 Å². The summed E-state index contributed by atoms with van der Waals surface area (Å²) in [7, 11) is 0. The highest BCUT2D eigenvalue weighted by atomic mass is 35.5. The molecule has 1 aliphatic rings. The Balaban J connectivity index is 1.56. The average molecular weight is 381 g/mol. The number of nitrogens with zero attached hydrogens (tertiary/aromatic N) is 1. The predicted octanol–water partition coefficient (Wildman–Crippen LogP) is 3.64. The van der Waals surface area contributed by atoms with Crippen LogP contribution in [0.3, 0.4) is 0 Å². The van der Waals surface area contributed by atoms with Gasteiger partial charge in [0.25, 0.3) is 5.91 Å². The fourth-order valence-electron chi connectivity index (χ4n) is 2.10. The van der Waals surface area contributed by atoms with Crippen molar-refractivity contribution in [2.24, 2.45) is 5.10 Å². The van der Waals surface area contributed by atoms with Crippen LogP contribution in [0.4, 0.5) is 0 Å². The molecule has 0 spiro atoms. The van der Waals surface area contributed by atoms with Crippen LogP contribution in [-0.4, -0.2) is 25.0 Å². The highest BCUT2D eigenvalue weighted by Crippen LogP contribution is 2.32. The lowest BCUT2D eigenvalue weighted by molar-refractivity contribution is -0.123. The van der Waals surface area contributed by atoms with Gasteiger partial charge in [0.15, 0.2) is 18.1 Å². The smallest absolute Gasteiger partial charge is 0.277 e. The number of ether oxygens (including phenoxy) is 3. The Morgan fingerprint density at radius 1 is 1.20 bits per heavy atom. The first-order valence-corrected chi connectivity index (χ1v) is 8.09. The SMILES string of the molecule is C/C(=N\NC(=O)COc1ccc(Cl)cc1Cl)c1ccc2c(c1)OCO2. The zero-order chi connectivity index (χ0) is 17.8. The van der Waals surface area contributed by atoms with E-state index in [1.165, 1.54) is 6.07 Å². The number of hydrazone groups is 1. The van der Waals surface area contributed by atoms with Crippen molar-refractivity contribution in [2.45, 2.75) is 6.92 Å². The number of hydrogen-bond acceptors (Lipinski definition) is 5. The van der Waals surface area contributed by atoms with E-state index in [9.17, 15) is 4.79 Å². The lowest BCUT2D eigenvalue weighted by atomic mass is 10.1. The van der Waals surface area contributed by atoms with Crippen molar-refractivity contribution in [3.63, 3.8) is 0 Å². The van der Waals surface area contributed by atoms with Crippen LogP contribution in [0.5, 0.6) is 17.2 Å². The van der Waals surface area contributed by atoms with E-state index in [2.05, 4.69) is 10.5 Å². The van der Waals surface area contributed by atoms with Crippen LogP contribution in [0.1, 0.15) is 12.5 Å². The minimum Gasteiger partial charge on any atom is -0.482 e. The lowest BCUT2D eigenvalue weighted by Crippen LogP contribution is -2.25. The molecule has 0 aliphatic carbocycles. The molecular weight excluding hydrogens is 367 g/mol. The molecule has 1 amide bonds. The van der Waals surface area contributed by atoms with Gasteiger partial charge in [0.1, 0.15) is 5.75 Å². The van der Waals surface area contributed by atoms with E-state index in [1.807, 2.05) is 6.07 Å². The summed E-state index contributed by atoms with van der Waals surface area (Å²) in [5.74, 6) is 1.30. The van der Waals surface area contributed by atoms with Crippen molar-refractivity contribution in [3.05, 3.63) is 52.0 Å². The number of nitrogens with one attached hydrogen (secondary N) is 1. The number of rotatable bonds is 5. The first-order valence-electron chi connectivity index (χ1n) is 7.34. The van der Waals surface area contributed by atoms with Gasteiger partial charge in [-0.1, -0.05) is 23.2 Å². The van der Waals surface area contributed by atoms with Crippen molar-refractivity contribution < 1.29 is 19.0 Å². The van der Waals surface area contributed by atoms with Crippen molar-refractivity contribution in [3.8, 4) is 17.2 Å². The fraction of sp³-hybridized carbons (Fsp3) is 0.176. The summed E-state index contributed by atoms with van der Waals surface area (Å²) >= 11 is 11.8. The highest BCUT2D eigenvalue weighted by Gasteiger charge is 2.14. The second-order valence-corrected chi connectivity index (χ2v) is 6.01. The van der Waals surface area contributed by atoms with Gasteiger partial charge >= 0.3 is 0 Å². The summed E-state index contributed by atoms with van der Waals surface area (Å²) in [5, 5.41) is 4.88. The van der Waals surface area contributed by atoms with Crippen LogP contribution < -0.4 is 19.6 Å². The van der Waals surface area contributed by atoms with Gasteiger partial charge in [0.05, 0.1) is 10.7 Å². The highest BCUT2D eigenvalue weighted by molar-refractivity contribution is 6.35. The molecule has 0 bridgehead atoms. The molecule has 0 saturated heterocycles. The standard InChI is InChI=1S/C17H14Cl2N2O4/c1-10(11-2-4-15-16(6-11)25-9-24-15)20-21-17(22)8-23-14-5-3-12(18)7-13(14)19/h2-7H,8-9H2,1H3,(H,21,22)/b20-10+. The number of fused-ring (bicyclic) bond motifs is 1. The van der Waals surface area contributed by atoms with Gasteiger partial charge in [0.2, 0.25) is 6.79 Å². The van der Waals surface area contributed by atoms with E-state index in [4.69, 9.17) is 37.4 Å². The van der Waals surface area contributed by atoms with Gasteiger partial charge in [-0.3, -0.25) is 4.79 Å². The van der Waals surface area contributed by atoms with Crippen LogP contribution >= 0.6 is 23.2 Å². The number of halogens is 2. The van der Waals surface area contributed by atoms with E-state index >= 15 is 0 Å². The van der Waals surface area contributed by atoms with Crippen LogP contribution in [0.2, 0.25) is 10.0 Å². The van der Waals surface area contributed by atoms with Gasteiger partial charge in [-0.25, -0.2) is 5.43 Å². The van der Waals surface area contributed by atoms with Gasteiger partial charge in [0, 0.05) is 10.6 Å². The van der Waals surface area contributed by atoms with E-state index in [1.54, 1.807) is 31.2 Å². The Morgan fingerprint density at radius 3 is 2.80 bits per heavy atom. The van der Waals surface area contributed by atoms with Crippen LogP contribution in [0.25, 0.3) is 0 Å². The quantitative estimate of drug-likeness (QED) is 0.634. The van der Waals surface area contributed by atoms with Crippen molar-refractivity contribution >= 4 is 34.8 Å². The van der Waals surface area contributed by atoms with E-state index < -0.39 is 5.91 Å². The molecule has 6 nitrogen and oxygen atoms in total. The Bertz CT molecular complexity index is 839. The molecule has 1 heterocycles. The van der Waals surface area contributed by atoms with Gasteiger partial charge < -0.3 is 14.2 Å². The molecule has 0 aromatic heterocycles. The van der Waals surface area contributed by atoms with E-state index in [-0.39, 0.29) is 13.4 Å². The largest absolute Gasteiger partial charge is 0.482 e. The van der Waals surface area contributed by atoms with Crippen LogP contribution in [0, 0.1) is 0 Å². The Kier molecular flexibility index (Phi) is 5.31. The van der Waals surface area contributed by atoms with Crippen molar-refractivity contribution in [2.75, 3.05) is 13.4 Å². The second kappa shape index (κ2) is 7.63. The zero-order valence-corrected chi connectivity index (χ0v) is 14.7. The fourth-order valence-corrected chi connectivity index (χ4v) is 2.56. The zero-order valence-electron chi connectivity index (χ0n) is 13.2. The minimum absolute atomic E-state index is 0.205. The monoisotopic (exact) mass is 380 g/mol. The third-order valence-corrected chi connectivity index (χ3v) is 3.92. The van der Waals surface area contributed by atoms with E-state index in [0.29, 0.717) is 33.0 Å². The molecule has 2 aromatic rings. The topological polar surface area (TPSA) is 69.2 Å². The maximum atomic E-state index is 11.9. The van der Waals surface area contributed by atoms with Crippen molar-refractivity contribution in [1.29, 1.82) is 0 Å². The Hall–Kier alpha value is -2.44. The number of carbonyl (C=O) groups is 1. The molecule has 0 unspecified atom stereocenters. The number of hydrogen-bond donors (Lipinski definition) is 1. The predicted molar refractivity (Wildman–Crippen MR) is 94.9 cm³/mol. The summed E-state index contributed by atoms with van der Waals surface area (Å²) in [6.45, 7) is 1.75. The molecule has 1 N–H and O–H groups in total. The molecule has 25 heavy (non-hydrogen) atoms. The van der Waals surface area contributed by atoms with Gasteiger partial charge in [-0.2, -0.15) is 5.10 Å². The Labute approximate surface area is 154 Å². The third kappa shape index (κ3) is 4.35. The maximum Gasteiger partial charge on any atom is 0.277 e. The number of benzene rings is 2. The summed E-state index contributed by atoms with van der Waals surface area (Å²) in [6.07, 6.45) is 0. The van der Waals surface area contributed by atoms with Gasteiger partial charge in [-0.15, -0.1) is 0 Å². The molecule has 8 heteroatoms. The van der Waals surface area contributed by atoms with Gasteiger partial charge in [-0.05, 0) is 43.3 Å².